The van der Waals surface area contributed by atoms with E-state index in [-0.39, 0.29) is 0 Å². The first-order valence-corrected chi connectivity index (χ1v) is 14.6. The van der Waals surface area contributed by atoms with Crippen molar-refractivity contribution in [2.24, 2.45) is 0 Å². The van der Waals surface area contributed by atoms with E-state index in [1.165, 1.54) is 23.3 Å². The van der Waals surface area contributed by atoms with Crippen molar-refractivity contribution in [2.75, 3.05) is 26.1 Å². The number of halogens is 3. The minimum Gasteiger partial charge on any atom is -0.496 e. The van der Waals surface area contributed by atoms with E-state index in [1.54, 1.807) is 26.4 Å². The van der Waals surface area contributed by atoms with Gasteiger partial charge in [-0.2, -0.15) is 13.2 Å². The maximum Gasteiger partial charge on any atom is 0.416 e. The molecule has 0 radical (unpaired) electrons. The van der Waals surface area contributed by atoms with Gasteiger partial charge in [-0.15, -0.1) is 0 Å². The summed E-state index contributed by atoms with van der Waals surface area (Å²) in [5.74, 6) is 2.41. The second kappa shape index (κ2) is 14.7. The summed E-state index contributed by atoms with van der Waals surface area (Å²) in [6.45, 7) is 1.01. The molecule has 0 aliphatic rings. The summed E-state index contributed by atoms with van der Waals surface area (Å²) < 4.78 is 55.8. The van der Waals surface area contributed by atoms with Crippen LogP contribution in [0.1, 0.15) is 27.8 Å². The van der Waals surface area contributed by atoms with Gasteiger partial charge in [0.2, 0.25) is 0 Å². The fourth-order valence-electron chi connectivity index (χ4n) is 4.95. The maximum absolute atomic E-state index is 12.8. The van der Waals surface area contributed by atoms with Crippen molar-refractivity contribution in [1.82, 2.24) is 5.32 Å². The summed E-state index contributed by atoms with van der Waals surface area (Å²) in [6.07, 6.45) is -2.86. The normalized spacial score (nSPS) is 11.2. The molecule has 5 rings (SSSR count). The molecule has 0 aliphatic carbocycles. The number of hydrogen-bond acceptors (Lipinski definition) is 5. The van der Waals surface area contributed by atoms with Gasteiger partial charge in [-0.1, -0.05) is 54.6 Å². The number of anilines is 2. The molecule has 5 nitrogen and oxygen atoms in total. The summed E-state index contributed by atoms with van der Waals surface area (Å²) in [5, 5.41) is 6.75. The quantitative estimate of drug-likeness (QED) is 0.130. The Labute approximate surface area is 261 Å². The zero-order valence-electron chi connectivity index (χ0n) is 25.2. The highest BCUT2D eigenvalue weighted by Gasteiger charge is 2.29. The number of nitrogens with one attached hydrogen (secondary N) is 2. The minimum atomic E-state index is -4.34. The Morgan fingerprint density at radius 1 is 0.622 bits per heavy atom. The van der Waals surface area contributed by atoms with E-state index < -0.39 is 11.7 Å². The van der Waals surface area contributed by atoms with Crippen LogP contribution in [-0.2, 0) is 25.6 Å². The molecule has 232 valence electrons. The second-order valence-electron chi connectivity index (χ2n) is 10.5. The molecule has 5 aromatic rings. The zero-order valence-corrected chi connectivity index (χ0v) is 25.2. The Morgan fingerprint density at radius 3 is 1.76 bits per heavy atom. The molecule has 45 heavy (non-hydrogen) atoms. The van der Waals surface area contributed by atoms with Crippen molar-refractivity contribution in [3.63, 3.8) is 0 Å². The summed E-state index contributed by atoms with van der Waals surface area (Å²) in [5.41, 5.74) is 5.45. The molecule has 8 heteroatoms. The molecule has 0 heterocycles. The van der Waals surface area contributed by atoms with Crippen LogP contribution in [0.2, 0.25) is 0 Å². The number of rotatable bonds is 13. The first kappa shape index (κ1) is 31.5. The maximum atomic E-state index is 12.8. The number of hydrogen-bond donors (Lipinski definition) is 2. The van der Waals surface area contributed by atoms with Crippen LogP contribution < -0.4 is 24.8 Å². The van der Waals surface area contributed by atoms with Crippen molar-refractivity contribution in [3.8, 4) is 23.0 Å². The van der Waals surface area contributed by atoms with Crippen LogP contribution in [0, 0.1) is 0 Å². The zero-order chi connectivity index (χ0) is 31.6. The van der Waals surface area contributed by atoms with Crippen molar-refractivity contribution < 1.29 is 27.4 Å². The van der Waals surface area contributed by atoms with Crippen molar-refractivity contribution in [2.45, 2.75) is 25.6 Å². The third-order valence-corrected chi connectivity index (χ3v) is 7.34. The van der Waals surface area contributed by atoms with Gasteiger partial charge in [0, 0.05) is 30.1 Å². The number of alkyl halides is 3. The SMILES string of the molecule is COc1cc(Oc2ccc(Nc3ccc(Cc4ccccc4)cc3)cc2)cc(OC)c1CNCCc1ccc(C(F)(F)F)cc1. The standard InChI is InChI=1S/C37H35F3N2O3/c1-43-35-23-33(24-36(44-2)34(35)25-41-21-20-26-8-12-29(13-9-26)37(38,39)40)45-32-18-16-31(17-19-32)42-30-14-10-28(11-15-30)22-27-6-4-3-5-7-27/h3-19,23-24,41-42H,20-22,25H2,1-2H3. The molecular weight excluding hydrogens is 577 g/mol. The summed E-state index contributed by atoms with van der Waals surface area (Å²) in [6, 6.07) is 35.3. The molecule has 0 atom stereocenters. The second-order valence-corrected chi connectivity index (χ2v) is 10.5. The lowest BCUT2D eigenvalue weighted by Crippen LogP contribution is -2.18. The fourth-order valence-corrected chi connectivity index (χ4v) is 4.95. The Balaban J connectivity index is 1.16. The van der Waals surface area contributed by atoms with Gasteiger partial charge in [0.25, 0.3) is 0 Å². The summed E-state index contributed by atoms with van der Waals surface area (Å²) in [4.78, 5) is 0. The van der Waals surface area contributed by atoms with E-state index in [4.69, 9.17) is 14.2 Å². The lowest BCUT2D eigenvalue weighted by Gasteiger charge is -2.17. The monoisotopic (exact) mass is 612 g/mol. The van der Waals surface area contributed by atoms with E-state index >= 15 is 0 Å². The van der Waals surface area contributed by atoms with Crippen LogP contribution in [0.25, 0.3) is 0 Å². The lowest BCUT2D eigenvalue weighted by molar-refractivity contribution is -0.137. The van der Waals surface area contributed by atoms with Crippen LogP contribution in [0.15, 0.2) is 115 Å². The highest BCUT2D eigenvalue weighted by atomic mass is 19.4. The van der Waals surface area contributed by atoms with Crippen molar-refractivity contribution in [3.05, 3.63) is 143 Å². The first-order valence-electron chi connectivity index (χ1n) is 14.6. The van der Waals surface area contributed by atoms with Crippen LogP contribution in [0.5, 0.6) is 23.0 Å². The molecule has 2 N–H and O–H groups in total. The average Bonchev–Trinajstić information content (AvgIpc) is 3.05. The largest absolute Gasteiger partial charge is 0.496 e. The molecule has 5 aromatic carbocycles. The van der Waals surface area contributed by atoms with Crippen LogP contribution >= 0.6 is 0 Å². The van der Waals surface area contributed by atoms with Gasteiger partial charge >= 0.3 is 6.18 Å². The molecule has 0 spiro atoms. The van der Waals surface area contributed by atoms with Gasteiger partial charge in [-0.05, 0) is 84.6 Å². The molecule has 0 saturated carbocycles. The Bertz CT molecular complexity index is 1630. The van der Waals surface area contributed by atoms with Gasteiger partial charge in [0.15, 0.2) is 0 Å². The number of benzene rings is 5. The van der Waals surface area contributed by atoms with E-state index in [0.29, 0.717) is 42.5 Å². The Kier molecular flexibility index (Phi) is 10.3. The molecule has 0 unspecified atom stereocenters. The topological polar surface area (TPSA) is 51.8 Å². The molecule has 0 bridgehead atoms. The first-order chi connectivity index (χ1) is 21.8. The fraction of sp³-hybridized carbons (Fsp3) is 0.189. The number of ether oxygens (including phenoxy) is 3. The molecule has 0 fully saturated rings. The predicted molar refractivity (Wildman–Crippen MR) is 172 cm³/mol. The highest BCUT2D eigenvalue weighted by Crippen LogP contribution is 2.36. The van der Waals surface area contributed by atoms with Gasteiger partial charge in [0.1, 0.15) is 23.0 Å². The van der Waals surface area contributed by atoms with Gasteiger partial charge in [-0.3, -0.25) is 0 Å². The van der Waals surface area contributed by atoms with Crippen LogP contribution in [0.4, 0.5) is 24.5 Å². The molecule has 0 amide bonds. The Morgan fingerprint density at radius 2 is 1.18 bits per heavy atom. The van der Waals surface area contributed by atoms with Gasteiger partial charge in [0.05, 0.1) is 25.3 Å². The third-order valence-electron chi connectivity index (χ3n) is 7.34. The lowest BCUT2D eigenvalue weighted by atomic mass is 10.0. The summed E-state index contributed by atoms with van der Waals surface area (Å²) >= 11 is 0. The van der Waals surface area contributed by atoms with Crippen LogP contribution in [0.3, 0.4) is 0 Å². The Hall–Kier alpha value is -4.95. The van der Waals surface area contributed by atoms with E-state index in [9.17, 15) is 13.2 Å². The number of methoxy groups -OCH3 is 2. The van der Waals surface area contributed by atoms with E-state index in [2.05, 4.69) is 59.2 Å². The minimum absolute atomic E-state index is 0.445. The van der Waals surface area contributed by atoms with Gasteiger partial charge < -0.3 is 24.8 Å². The smallest absolute Gasteiger partial charge is 0.416 e. The van der Waals surface area contributed by atoms with Gasteiger partial charge in [-0.25, -0.2) is 0 Å². The predicted octanol–water partition coefficient (Wildman–Crippen LogP) is 9.18. The molecule has 0 aromatic heterocycles. The van der Waals surface area contributed by atoms with E-state index in [0.717, 1.165) is 41.1 Å². The van der Waals surface area contributed by atoms with E-state index in [1.807, 2.05) is 30.3 Å². The molecule has 0 aliphatic heterocycles. The average molecular weight is 613 g/mol. The third kappa shape index (κ3) is 8.80. The summed E-state index contributed by atoms with van der Waals surface area (Å²) in [7, 11) is 3.16. The van der Waals surface area contributed by atoms with Crippen molar-refractivity contribution >= 4 is 11.4 Å². The van der Waals surface area contributed by atoms with Crippen LogP contribution in [-0.4, -0.2) is 20.8 Å². The molecule has 0 saturated heterocycles. The molecular formula is C37H35F3N2O3. The highest BCUT2D eigenvalue weighted by molar-refractivity contribution is 5.61. The van der Waals surface area contributed by atoms with Crippen molar-refractivity contribution in [1.29, 1.82) is 0 Å².